The van der Waals surface area contributed by atoms with Gasteiger partial charge < -0.3 is 4.74 Å². The van der Waals surface area contributed by atoms with Crippen LogP contribution in [0.3, 0.4) is 0 Å². The Balaban J connectivity index is 2.26. The van der Waals surface area contributed by atoms with Crippen molar-refractivity contribution < 1.29 is 4.74 Å². The molecule has 2 rings (SSSR count). The highest BCUT2D eigenvalue weighted by Crippen LogP contribution is 2.10. The van der Waals surface area contributed by atoms with Gasteiger partial charge in [-0.25, -0.2) is 4.99 Å². The first-order valence-electron chi connectivity index (χ1n) is 4.12. The molecule has 64 valence electrons. The Hall–Kier alpha value is -1.75. The molecule has 0 aromatic heterocycles. The van der Waals surface area contributed by atoms with Gasteiger partial charge >= 0.3 is 0 Å². The molecule has 0 unspecified atom stereocenters. The zero-order chi connectivity index (χ0) is 9.10. The highest BCUT2D eigenvalue weighted by molar-refractivity contribution is 5.95. The van der Waals surface area contributed by atoms with Gasteiger partial charge in [0, 0.05) is 5.56 Å². The lowest BCUT2D eigenvalue weighted by Gasteiger charge is -1.98. The topological polar surface area (TPSA) is 21.6 Å². The zero-order valence-corrected chi connectivity index (χ0v) is 7.10. The van der Waals surface area contributed by atoms with Gasteiger partial charge in [-0.1, -0.05) is 24.1 Å². The molecule has 13 heavy (non-hydrogen) atoms. The first-order valence-corrected chi connectivity index (χ1v) is 4.12. The van der Waals surface area contributed by atoms with Crippen LogP contribution in [-0.2, 0) is 4.74 Å². The van der Waals surface area contributed by atoms with Crippen LogP contribution < -0.4 is 0 Å². The summed E-state index contributed by atoms with van der Waals surface area (Å²) in [5.41, 5.74) is 0.986. The second-order valence-corrected chi connectivity index (χ2v) is 2.79. The Morgan fingerprint density at radius 2 is 2.15 bits per heavy atom. The van der Waals surface area contributed by atoms with Crippen LogP contribution >= 0.6 is 0 Å². The van der Waals surface area contributed by atoms with Gasteiger partial charge in [-0.3, -0.25) is 0 Å². The minimum absolute atomic E-state index is 0.116. The Kier molecular flexibility index (Phi) is 2.01. The van der Waals surface area contributed by atoms with Crippen molar-refractivity contribution in [2.24, 2.45) is 4.99 Å². The summed E-state index contributed by atoms with van der Waals surface area (Å²) < 4.78 is 5.35. The highest BCUT2D eigenvalue weighted by Gasteiger charge is 2.17. The predicted molar refractivity (Wildman–Crippen MR) is 51.6 cm³/mol. The van der Waals surface area contributed by atoms with Crippen molar-refractivity contribution in [1.29, 1.82) is 0 Å². The Labute approximate surface area is 77.3 Å². The number of hydrogen-bond donors (Lipinski definition) is 0. The second-order valence-electron chi connectivity index (χ2n) is 2.79. The molecule has 1 aliphatic heterocycles. The van der Waals surface area contributed by atoms with E-state index in [2.05, 4.69) is 10.9 Å². The molecule has 1 aromatic rings. The van der Waals surface area contributed by atoms with Gasteiger partial charge in [-0.15, -0.1) is 6.42 Å². The fraction of sp³-hybridized carbons (Fsp3) is 0.182. The summed E-state index contributed by atoms with van der Waals surface area (Å²) in [5.74, 6) is 3.21. The summed E-state index contributed by atoms with van der Waals surface area (Å²) >= 11 is 0. The third-order valence-electron chi connectivity index (χ3n) is 1.86. The van der Waals surface area contributed by atoms with E-state index in [0.29, 0.717) is 12.5 Å². The van der Waals surface area contributed by atoms with E-state index in [-0.39, 0.29) is 6.04 Å². The van der Waals surface area contributed by atoms with Crippen LogP contribution in [0.25, 0.3) is 0 Å². The van der Waals surface area contributed by atoms with Crippen LogP contribution in [0.15, 0.2) is 35.3 Å². The summed E-state index contributed by atoms with van der Waals surface area (Å²) in [6, 6.07) is 9.65. The van der Waals surface area contributed by atoms with Gasteiger partial charge in [0.2, 0.25) is 5.90 Å². The molecular weight excluding hydrogens is 162 g/mol. The second kappa shape index (κ2) is 3.32. The van der Waals surface area contributed by atoms with Crippen molar-refractivity contribution in [3.05, 3.63) is 35.9 Å². The lowest BCUT2D eigenvalue weighted by Crippen LogP contribution is -2.02. The molecule has 2 nitrogen and oxygen atoms in total. The maximum absolute atomic E-state index is 5.35. The van der Waals surface area contributed by atoms with Crippen LogP contribution in [0.2, 0.25) is 0 Å². The van der Waals surface area contributed by atoms with Crippen LogP contribution in [0.4, 0.5) is 0 Å². The van der Waals surface area contributed by atoms with Gasteiger partial charge in [0.05, 0.1) is 0 Å². The summed E-state index contributed by atoms with van der Waals surface area (Å²) in [5, 5.41) is 0. The lowest BCUT2D eigenvalue weighted by molar-refractivity contribution is 0.334. The molecule has 0 bridgehead atoms. The van der Waals surface area contributed by atoms with Crippen LogP contribution in [0, 0.1) is 12.3 Å². The SMILES string of the molecule is C#C[C@@H]1COC(c2ccccc2)=N1. The van der Waals surface area contributed by atoms with E-state index in [9.17, 15) is 0 Å². The normalized spacial score (nSPS) is 20.2. The number of nitrogens with zero attached hydrogens (tertiary/aromatic N) is 1. The maximum atomic E-state index is 5.35. The first kappa shape index (κ1) is 7.88. The Morgan fingerprint density at radius 1 is 1.38 bits per heavy atom. The van der Waals surface area contributed by atoms with Crippen molar-refractivity contribution in [3.8, 4) is 12.3 Å². The molecule has 1 heterocycles. The van der Waals surface area contributed by atoms with Crippen LogP contribution in [0.5, 0.6) is 0 Å². The molecule has 0 radical (unpaired) electrons. The van der Waals surface area contributed by atoms with E-state index in [1.54, 1.807) is 0 Å². The number of aliphatic imine (C=N–C) groups is 1. The van der Waals surface area contributed by atoms with Crippen molar-refractivity contribution in [3.63, 3.8) is 0 Å². The molecule has 0 amide bonds. The smallest absolute Gasteiger partial charge is 0.217 e. The van der Waals surface area contributed by atoms with Crippen LogP contribution in [0.1, 0.15) is 5.56 Å². The molecule has 1 atom stereocenters. The summed E-state index contributed by atoms with van der Waals surface area (Å²) in [4.78, 5) is 4.24. The predicted octanol–water partition coefficient (Wildman–Crippen LogP) is 1.47. The van der Waals surface area contributed by atoms with Crippen molar-refractivity contribution >= 4 is 5.90 Å². The maximum Gasteiger partial charge on any atom is 0.217 e. The molecule has 2 heteroatoms. The average molecular weight is 171 g/mol. The summed E-state index contributed by atoms with van der Waals surface area (Å²) in [6.07, 6.45) is 5.24. The molecule has 0 spiro atoms. The van der Waals surface area contributed by atoms with Crippen molar-refractivity contribution in [2.45, 2.75) is 6.04 Å². The van der Waals surface area contributed by atoms with E-state index in [1.807, 2.05) is 30.3 Å². The third kappa shape index (κ3) is 1.54. The summed E-state index contributed by atoms with van der Waals surface area (Å²) in [7, 11) is 0. The highest BCUT2D eigenvalue weighted by atomic mass is 16.5. The third-order valence-corrected chi connectivity index (χ3v) is 1.86. The standard InChI is InChI=1S/C11H9NO/c1-2-10-8-13-11(12-10)9-6-4-3-5-7-9/h1,3-7,10H,8H2/t10-/m1/s1. The molecule has 0 N–H and O–H groups in total. The summed E-state index contributed by atoms with van der Waals surface area (Å²) in [6.45, 7) is 0.501. The molecule has 1 aromatic carbocycles. The van der Waals surface area contributed by atoms with Crippen molar-refractivity contribution in [2.75, 3.05) is 6.61 Å². The molecular formula is C11H9NO. The Morgan fingerprint density at radius 3 is 2.77 bits per heavy atom. The van der Waals surface area contributed by atoms with E-state index in [0.717, 1.165) is 5.56 Å². The lowest BCUT2D eigenvalue weighted by atomic mass is 10.2. The van der Waals surface area contributed by atoms with Gasteiger partial charge in [0.1, 0.15) is 12.6 Å². The van der Waals surface area contributed by atoms with E-state index < -0.39 is 0 Å². The van der Waals surface area contributed by atoms with E-state index >= 15 is 0 Å². The number of rotatable bonds is 1. The molecule has 0 aliphatic carbocycles. The molecule has 1 aliphatic rings. The minimum Gasteiger partial charge on any atom is -0.474 e. The fourth-order valence-corrected chi connectivity index (χ4v) is 1.20. The van der Waals surface area contributed by atoms with E-state index in [1.165, 1.54) is 0 Å². The van der Waals surface area contributed by atoms with Gasteiger partial charge in [0.15, 0.2) is 0 Å². The van der Waals surface area contributed by atoms with Crippen molar-refractivity contribution in [1.82, 2.24) is 0 Å². The minimum atomic E-state index is -0.116. The number of terminal acetylenes is 1. The largest absolute Gasteiger partial charge is 0.474 e. The average Bonchev–Trinajstić information content (AvgIpc) is 2.67. The first-order chi connectivity index (χ1) is 6.40. The molecule has 0 saturated heterocycles. The fourth-order valence-electron chi connectivity index (χ4n) is 1.20. The number of hydrogen-bond acceptors (Lipinski definition) is 2. The monoisotopic (exact) mass is 171 g/mol. The number of benzene rings is 1. The van der Waals surface area contributed by atoms with Gasteiger partial charge in [-0.2, -0.15) is 0 Å². The zero-order valence-electron chi connectivity index (χ0n) is 7.10. The number of ether oxygens (including phenoxy) is 1. The molecule has 0 saturated carbocycles. The van der Waals surface area contributed by atoms with Gasteiger partial charge in [0.25, 0.3) is 0 Å². The van der Waals surface area contributed by atoms with E-state index in [4.69, 9.17) is 11.2 Å². The van der Waals surface area contributed by atoms with Gasteiger partial charge in [-0.05, 0) is 12.1 Å². The quantitative estimate of drug-likeness (QED) is 0.586. The molecule has 0 fully saturated rings. The Bertz CT molecular complexity index is 361. The van der Waals surface area contributed by atoms with Crippen LogP contribution in [-0.4, -0.2) is 18.5 Å².